The fourth-order valence-electron chi connectivity index (χ4n) is 2.87. The molecule has 2 nitrogen and oxygen atoms in total. The molecule has 0 radical (unpaired) electrons. The number of rotatable bonds is 5. The summed E-state index contributed by atoms with van der Waals surface area (Å²) in [6, 6.07) is 17.8. The molecule has 3 aromatic rings. The number of aromatic nitrogens is 1. The van der Waals surface area contributed by atoms with Gasteiger partial charge in [0.1, 0.15) is 0 Å². The van der Waals surface area contributed by atoms with Crippen LogP contribution in [0.25, 0.3) is 10.9 Å². The van der Waals surface area contributed by atoms with Crippen molar-refractivity contribution in [3.8, 4) is 0 Å². The van der Waals surface area contributed by atoms with Crippen LogP contribution in [0.3, 0.4) is 0 Å². The lowest BCUT2D eigenvalue weighted by molar-refractivity contribution is 0.0973. The van der Waals surface area contributed by atoms with E-state index in [1.807, 2.05) is 42.5 Å². The Kier molecular flexibility index (Phi) is 3.87. The second-order valence-electron chi connectivity index (χ2n) is 5.39. The first-order chi connectivity index (χ1) is 10.3. The predicted octanol–water partition coefficient (Wildman–Crippen LogP) is 4.93. The molecule has 0 spiro atoms. The van der Waals surface area contributed by atoms with Gasteiger partial charge < -0.3 is 4.98 Å². The van der Waals surface area contributed by atoms with Crippen molar-refractivity contribution in [3.05, 3.63) is 71.9 Å². The number of benzene rings is 2. The molecule has 1 N–H and O–H groups in total. The molecule has 21 heavy (non-hydrogen) atoms. The molecule has 0 aliphatic carbocycles. The molecule has 2 aromatic carbocycles. The first kappa shape index (κ1) is 13.6. The van der Waals surface area contributed by atoms with E-state index in [0.717, 1.165) is 17.5 Å². The monoisotopic (exact) mass is 277 g/mol. The summed E-state index contributed by atoms with van der Waals surface area (Å²) in [6.45, 7) is 2.14. The number of hydrogen-bond donors (Lipinski definition) is 1. The van der Waals surface area contributed by atoms with Crippen LogP contribution in [0.15, 0.2) is 60.8 Å². The first-order valence-corrected chi connectivity index (χ1v) is 7.44. The molecule has 0 aliphatic rings. The van der Waals surface area contributed by atoms with E-state index in [2.05, 4.69) is 30.2 Å². The van der Waals surface area contributed by atoms with Crippen LogP contribution in [0.4, 0.5) is 0 Å². The molecule has 0 saturated carbocycles. The summed E-state index contributed by atoms with van der Waals surface area (Å²) < 4.78 is 0. The zero-order valence-corrected chi connectivity index (χ0v) is 12.2. The van der Waals surface area contributed by atoms with Gasteiger partial charge in [-0.15, -0.1) is 0 Å². The van der Waals surface area contributed by atoms with Crippen LogP contribution in [0.1, 0.15) is 41.6 Å². The molecular weight excluding hydrogens is 258 g/mol. The van der Waals surface area contributed by atoms with Crippen molar-refractivity contribution in [1.29, 1.82) is 0 Å². The maximum atomic E-state index is 12.4. The minimum atomic E-state index is 0.215. The van der Waals surface area contributed by atoms with E-state index >= 15 is 0 Å². The molecule has 106 valence electrons. The Morgan fingerprint density at radius 3 is 2.52 bits per heavy atom. The molecule has 0 unspecified atom stereocenters. The van der Waals surface area contributed by atoms with Crippen molar-refractivity contribution in [1.82, 2.24) is 4.98 Å². The fraction of sp³-hybridized carbons (Fsp3) is 0.211. The number of hydrogen-bond acceptors (Lipinski definition) is 1. The molecule has 0 bridgehead atoms. The van der Waals surface area contributed by atoms with Gasteiger partial charge in [0, 0.05) is 29.1 Å². The number of para-hydroxylation sites is 1. The highest BCUT2D eigenvalue weighted by Gasteiger charge is 2.18. The lowest BCUT2D eigenvalue weighted by Crippen LogP contribution is -2.06. The van der Waals surface area contributed by atoms with Gasteiger partial charge in [-0.3, -0.25) is 4.79 Å². The van der Waals surface area contributed by atoms with Crippen molar-refractivity contribution in [2.45, 2.75) is 25.7 Å². The summed E-state index contributed by atoms with van der Waals surface area (Å²) in [5.41, 5.74) is 3.19. The molecule has 0 aliphatic heterocycles. The molecule has 0 fully saturated rings. The van der Waals surface area contributed by atoms with E-state index in [-0.39, 0.29) is 11.7 Å². The van der Waals surface area contributed by atoms with E-state index in [0.29, 0.717) is 6.42 Å². The van der Waals surface area contributed by atoms with Crippen LogP contribution in [0.2, 0.25) is 0 Å². The third kappa shape index (κ3) is 2.75. The standard InChI is InChI=1S/C19H19NO/c1-2-14(12-19(21)15-8-4-3-5-9-15)17-13-20-18-11-7-6-10-16(17)18/h3-11,13-14,20H,2,12H2,1H3/t14-/m0/s1. The van der Waals surface area contributed by atoms with Gasteiger partial charge >= 0.3 is 0 Å². The van der Waals surface area contributed by atoms with Crippen LogP contribution >= 0.6 is 0 Å². The lowest BCUT2D eigenvalue weighted by Gasteiger charge is -2.13. The number of H-pyrrole nitrogens is 1. The largest absolute Gasteiger partial charge is 0.361 e. The van der Waals surface area contributed by atoms with Gasteiger partial charge in [-0.25, -0.2) is 0 Å². The smallest absolute Gasteiger partial charge is 0.163 e. The summed E-state index contributed by atoms with van der Waals surface area (Å²) in [6.07, 6.45) is 3.57. The molecule has 1 atom stereocenters. The van der Waals surface area contributed by atoms with Gasteiger partial charge in [-0.1, -0.05) is 55.5 Å². The number of Topliss-reactive ketones (excluding diaryl/α,β-unsaturated/α-hetero) is 1. The number of carbonyl (C=O) groups excluding carboxylic acids is 1. The summed E-state index contributed by atoms with van der Waals surface area (Å²) in [7, 11) is 0. The Labute approximate surface area is 124 Å². The molecule has 1 heterocycles. The van der Waals surface area contributed by atoms with Gasteiger partial charge in [0.15, 0.2) is 5.78 Å². The van der Waals surface area contributed by atoms with Crippen molar-refractivity contribution >= 4 is 16.7 Å². The summed E-state index contributed by atoms with van der Waals surface area (Å²) >= 11 is 0. The summed E-state index contributed by atoms with van der Waals surface area (Å²) in [4.78, 5) is 15.7. The number of aromatic amines is 1. The SMILES string of the molecule is CC[C@@H](CC(=O)c1ccccc1)c1c[nH]c2ccccc12. The van der Waals surface area contributed by atoms with Gasteiger partial charge in [0.25, 0.3) is 0 Å². The molecule has 2 heteroatoms. The highest BCUT2D eigenvalue weighted by atomic mass is 16.1. The van der Waals surface area contributed by atoms with E-state index in [1.165, 1.54) is 10.9 Å². The van der Waals surface area contributed by atoms with Crippen molar-refractivity contribution in [3.63, 3.8) is 0 Å². The lowest BCUT2D eigenvalue weighted by atomic mass is 9.89. The summed E-state index contributed by atoms with van der Waals surface area (Å²) in [5, 5.41) is 1.23. The Morgan fingerprint density at radius 2 is 1.76 bits per heavy atom. The highest BCUT2D eigenvalue weighted by molar-refractivity contribution is 5.97. The van der Waals surface area contributed by atoms with E-state index in [9.17, 15) is 4.79 Å². The van der Waals surface area contributed by atoms with Gasteiger partial charge in [0.05, 0.1) is 0 Å². The minimum absolute atomic E-state index is 0.215. The third-order valence-corrected chi connectivity index (χ3v) is 4.08. The number of nitrogens with one attached hydrogen (secondary N) is 1. The van der Waals surface area contributed by atoms with Crippen LogP contribution in [-0.2, 0) is 0 Å². The second-order valence-corrected chi connectivity index (χ2v) is 5.39. The Hall–Kier alpha value is -2.35. The normalized spacial score (nSPS) is 12.4. The molecular formula is C19H19NO. The van der Waals surface area contributed by atoms with Crippen molar-refractivity contribution in [2.24, 2.45) is 0 Å². The number of carbonyl (C=O) groups is 1. The Morgan fingerprint density at radius 1 is 1.05 bits per heavy atom. The van der Waals surface area contributed by atoms with E-state index < -0.39 is 0 Å². The van der Waals surface area contributed by atoms with Crippen LogP contribution < -0.4 is 0 Å². The number of fused-ring (bicyclic) bond motifs is 1. The van der Waals surface area contributed by atoms with Gasteiger partial charge in [-0.2, -0.15) is 0 Å². The zero-order valence-electron chi connectivity index (χ0n) is 12.2. The van der Waals surface area contributed by atoms with Crippen LogP contribution in [0.5, 0.6) is 0 Å². The van der Waals surface area contributed by atoms with Gasteiger partial charge in [-0.05, 0) is 24.0 Å². The maximum absolute atomic E-state index is 12.4. The first-order valence-electron chi connectivity index (χ1n) is 7.44. The molecule has 1 aromatic heterocycles. The Bertz CT molecular complexity index is 742. The van der Waals surface area contributed by atoms with E-state index in [4.69, 9.17) is 0 Å². The molecule has 0 saturated heterocycles. The predicted molar refractivity (Wildman–Crippen MR) is 86.7 cm³/mol. The third-order valence-electron chi connectivity index (χ3n) is 4.08. The maximum Gasteiger partial charge on any atom is 0.163 e. The quantitative estimate of drug-likeness (QED) is 0.659. The van der Waals surface area contributed by atoms with Crippen LogP contribution in [0, 0.1) is 0 Å². The molecule has 0 amide bonds. The second kappa shape index (κ2) is 5.96. The Balaban J connectivity index is 1.87. The fourth-order valence-corrected chi connectivity index (χ4v) is 2.87. The minimum Gasteiger partial charge on any atom is -0.361 e. The topological polar surface area (TPSA) is 32.9 Å². The zero-order chi connectivity index (χ0) is 14.7. The highest BCUT2D eigenvalue weighted by Crippen LogP contribution is 2.31. The average molecular weight is 277 g/mol. The average Bonchev–Trinajstić information content (AvgIpc) is 2.97. The van der Waals surface area contributed by atoms with Crippen molar-refractivity contribution in [2.75, 3.05) is 0 Å². The van der Waals surface area contributed by atoms with E-state index in [1.54, 1.807) is 0 Å². The molecule has 3 rings (SSSR count). The number of ketones is 1. The van der Waals surface area contributed by atoms with Crippen molar-refractivity contribution < 1.29 is 4.79 Å². The van der Waals surface area contributed by atoms with Crippen LogP contribution in [-0.4, -0.2) is 10.8 Å². The van der Waals surface area contributed by atoms with Gasteiger partial charge in [0.2, 0.25) is 0 Å². The summed E-state index contributed by atoms with van der Waals surface area (Å²) in [5.74, 6) is 0.474.